The van der Waals surface area contributed by atoms with Gasteiger partial charge in [-0.2, -0.15) is 0 Å². The maximum absolute atomic E-state index is 13.6. The van der Waals surface area contributed by atoms with Gasteiger partial charge in [0, 0.05) is 31.5 Å². The molecule has 0 radical (unpaired) electrons. The summed E-state index contributed by atoms with van der Waals surface area (Å²) in [5, 5.41) is 6.61. The highest BCUT2D eigenvalue weighted by Gasteiger charge is 2.36. The minimum atomic E-state index is -0.472. The molecular weight excluding hydrogens is 269 g/mol. The fraction of sp³-hybridized carbons (Fsp3) is 0.312. The summed E-state index contributed by atoms with van der Waals surface area (Å²) in [6, 6.07) is 10.2. The molecule has 1 atom stereocenters. The molecule has 1 aliphatic heterocycles. The van der Waals surface area contributed by atoms with Crippen LogP contribution in [0.15, 0.2) is 47.4 Å². The number of nitrogens with one attached hydrogen (secondary N) is 2. The SMILES string of the molecule is Cc1cccn(CC2(c3cccc(F)c3)CNCN2)c1=O. The van der Waals surface area contributed by atoms with Crippen LogP contribution < -0.4 is 16.2 Å². The van der Waals surface area contributed by atoms with Gasteiger partial charge in [-0.25, -0.2) is 4.39 Å². The lowest BCUT2D eigenvalue weighted by atomic mass is 9.90. The summed E-state index contributed by atoms with van der Waals surface area (Å²) in [6.07, 6.45) is 1.77. The number of halogens is 1. The first-order valence-corrected chi connectivity index (χ1v) is 6.99. The summed E-state index contributed by atoms with van der Waals surface area (Å²) < 4.78 is 15.2. The topological polar surface area (TPSA) is 46.1 Å². The summed E-state index contributed by atoms with van der Waals surface area (Å²) in [6.45, 7) is 3.55. The van der Waals surface area contributed by atoms with Crippen molar-refractivity contribution < 1.29 is 4.39 Å². The van der Waals surface area contributed by atoms with Crippen molar-refractivity contribution in [1.82, 2.24) is 15.2 Å². The van der Waals surface area contributed by atoms with Crippen LogP contribution in [-0.2, 0) is 12.1 Å². The molecule has 0 bridgehead atoms. The van der Waals surface area contributed by atoms with Crippen molar-refractivity contribution in [1.29, 1.82) is 0 Å². The molecule has 1 saturated heterocycles. The van der Waals surface area contributed by atoms with Gasteiger partial charge in [0.25, 0.3) is 5.56 Å². The van der Waals surface area contributed by atoms with Gasteiger partial charge >= 0.3 is 0 Å². The van der Waals surface area contributed by atoms with Crippen LogP contribution in [0.5, 0.6) is 0 Å². The Labute approximate surface area is 122 Å². The van der Waals surface area contributed by atoms with Crippen molar-refractivity contribution in [2.75, 3.05) is 13.2 Å². The Morgan fingerprint density at radius 3 is 2.90 bits per heavy atom. The van der Waals surface area contributed by atoms with E-state index in [-0.39, 0.29) is 11.4 Å². The third-order valence-corrected chi connectivity index (χ3v) is 4.01. The molecule has 0 saturated carbocycles. The number of hydrogen-bond donors (Lipinski definition) is 2. The number of aryl methyl sites for hydroxylation is 1. The fourth-order valence-corrected chi connectivity index (χ4v) is 2.84. The third kappa shape index (κ3) is 2.62. The second kappa shape index (κ2) is 5.42. The molecule has 1 aromatic heterocycles. The second-order valence-corrected chi connectivity index (χ2v) is 5.50. The van der Waals surface area contributed by atoms with Crippen LogP contribution in [0.3, 0.4) is 0 Å². The summed E-state index contributed by atoms with van der Waals surface area (Å²) in [7, 11) is 0. The average molecular weight is 287 g/mol. The Hall–Kier alpha value is -1.98. The Bertz CT molecular complexity index is 705. The van der Waals surface area contributed by atoms with E-state index < -0.39 is 5.54 Å². The van der Waals surface area contributed by atoms with Crippen molar-refractivity contribution in [2.45, 2.75) is 19.0 Å². The summed E-state index contributed by atoms with van der Waals surface area (Å²) in [5.74, 6) is -0.267. The second-order valence-electron chi connectivity index (χ2n) is 5.50. The zero-order chi connectivity index (χ0) is 14.9. The van der Waals surface area contributed by atoms with E-state index in [1.807, 2.05) is 12.1 Å². The van der Waals surface area contributed by atoms with Gasteiger partial charge in [0.1, 0.15) is 5.82 Å². The van der Waals surface area contributed by atoms with Crippen LogP contribution in [-0.4, -0.2) is 17.8 Å². The highest BCUT2D eigenvalue weighted by molar-refractivity contribution is 5.27. The monoisotopic (exact) mass is 287 g/mol. The van der Waals surface area contributed by atoms with Gasteiger partial charge < -0.3 is 9.88 Å². The molecule has 5 heteroatoms. The van der Waals surface area contributed by atoms with Gasteiger partial charge in [-0.1, -0.05) is 18.2 Å². The summed E-state index contributed by atoms with van der Waals surface area (Å²) in [5.41, 5.74) is 1.07. The Morgan fingerprint density at radius 2 is 2.19 bits per heavy atom. The number of hydrogen-bond acceptors (Lipinski definition) is 3. The molecule has 1 fully saturated rings. The predicted molar refractivity (Wildman–Crippen MR) is 79.5 cm³/mol. The maximum atomic E-state index is 13.6. The Balaban J connectivity index is 2.02. The van der Waals surface area contributed by atoms with Gasteiger partial charge in [0.15, 0.2) is 0 Å². The quantitative estimate of drug-likeness (QED) is 0.895. The van der Waals surface area contributed by atoms with E-state index in [1.165, 1.54) is 12.1 Å². The molecule has 1 unspecified atom stereocenters. The molecule has 2 N–H and O–H groups in total. The van der Waals surface area contributed by atoms with Crippen molar-refractivity contribution in [3.8, 4) is 0 Å². The van der Waals surface area contributed by atoms with Gasteiger partial charge in [0.05, 0.1) is 5.54 Å². The van der Waals surface area contributed by atoms with Crippen molar-refractivity contribution in [3.05, 3.63) is 69.9 Å². The number of benzene rings is 1. The molecule has 0 amide bonds. The molecular formula is C16H18FN3O. The zero-order valence-electron chi connectivity index (χ0n) is 11.9. The number of aromatic nitrogens is 1. The number of rotatable bonds is 3. The fourth-order valence-electron chi connectivity index (χ4n) is 2.84. The summed E-state index contributed by atoms with van der Waals surface area (Å²) in [4.78, 5) is 12.2. The first kappa shape index (κ1) is 14.0. The van der Waals surface area contributed by atoms with Crippen molar-refractivity contribution in [3.63, 3.8) is 0 Å². The van der Waals surface area contributed by atoms with Crippen LogP contribution in [0.2, 0.25) is 0 Å². The molecule has 2 aromatic rings. The molecule has 0 spiro atoms. The number of nitrogens with zero attached hydrogens (tertiary/aromatic N) is 1. The van der Waals surface area contributed by atoms with Crippen molar-refractivity contribution in [2.24, 2.45) is 0 Å². The van der Waals surface area contributed by atoms with Gasteiger partial charge in [-0.3, -0.25) is 10.1 Å². The molecule has 3 rings (SSSR count). The lowest BCUT2D eigenvalue weighted by Gasteiger charge is -2.30. The molecule has 2 heterocycles. The standard InChI is InChI=1S/C16H18FN3O/c1-12-4-3-7-20(15(12)21)10-16(9-18-11-19-16)13-5-2-6-14(17)8-13/h2-8,18-19H,9-11H2,1H3. The minimum absolute atomic E-state index is 0.0121. The lowest BCUT2D eigenvalue weighted by Crippen LogP contribution is -2.45. The zero-order valence-corrected chi connectivity index (χ0v) is 11.9. The smallest absolute Gasteiger partial charge is 0.253 e. The van der Waals surface area contributed by atoms with Crippen molar-refractivity contribution >= 4 is 0 Å². The van der Waals surface area contributed by atoms with Crippen LogP contribution in [0, 0.1) is 12.7 Å². The third-order valence-electron chi connectivity index (χ3n) is 4.01. The van der Waals surface area contributed by atoms with Crippen LogP contribution in [0.1, 0.15) is 11.1 Å². The van der Waals surface area contributed by atoms with E-state index in [1.54, 1.807) is 29.8 Å². The lowest BCUT2D eigenvalue weighted by molar-refractivity contribution is 0.344. The van der Waals surface area contributed by atoms with Crippen LogP contribution in [0.25, 0.3) is 0 Å². The maximum Gasteiger partial charge on any atom is 0.253 e. The predicted octanol–water partition coefficient (Wildman–Crippen LogP) is 1.34. The van der Waals surface area contributed by atoms with E-state index in [0.717, 1.165) is 5.56 Å². The van der Waals surface area contributed by atoms with Crippen LogP contribution >= 0.6 is 0 Å². The molecule has 1 aromatic carbocycles. The van der Waals surface area contributed by atoms with Gasteiger partial charge in [0.2, 0.25) is 0 Å². The number of pyridine rings is 1. The van der Waals surface area contributed by atoms with E-state index in [4.69, 9.17) is 0 Å². The van der Waals surface area contributed by atoms with Crippen LogP contribution in [0.4, 0.5) is 4.39 Å². The van der Waals surface area contributed by atoms with Gasteiger partial charge in [-0.15, -0.1) is 0 Å². The Kier molecular flexibility index (Phi) is 3.61. The molecule has 110 valence electrons. The molecule has 21 heavy (non-hydrogen) atoms. The molecule has 1 aliphatic rings. The highest BCUT2D eigenvalue weighted by Crippen LogP contribution is 2.25. The van der Waals surface area contributed by atoms with Gasteiger partial charge in [-0.05, 0) is 30.7 Å². The van der Waals surface area contributed by atoms with E-state index in [2.05, 4.69) is 10.6 Å². The highest BCUT2D eigenvalue weighted by atomic mass is 19.1. The van der Waals surface area contributed by atoms with E-state index in [9.17, 15) is 9.18 Å². The van der Waals surface area contributed by atoms with E-state index in [0.29, 0.717) is 25.3 Å². The first-order valence-electron chi connectivity index (χ1n) is 6.99. The Morgan fingerprint density at radius 1 is 1.33 bits per heavy atom. The molecule has 4 nitrogen and oxygen atoms in total. The largest absolute Gasteiger partial charge is 0.313 e. The first-order chi connectivity index (χ1) is 10.1. The van der Waals surface area contributed by atoms with E-state index >= 15 is 0 Å². The normalized spacial score (nSPS) is 21.6. The minimum Gasteiger partial charge on any atom is -0.313 e. The molecule has 0 aliphatic carbocycles. The average Bonchev–Trinajstić information content (AvgIpc) is 2.94. The summed E-state index contributed by atoms with van der Waals surface area (Å²) >= 11 is 0.